The Labute approximate surface area is 193 Å². The van der Waals surface area contributed by atoms with E-state index in [2.05, 4.69) is 10.6 Å². The minimum absolute atomic E-state index is 0.138. The van der Waals surface area contributed by atoms with Crippen molar-refractivity contribution in [2.24, 2.45) is 0 Å². The van der Waals surface area contributed by atoms with E-state index in [1.54, 1.807) is 30.2 Å². The SMILES string of the molecule is COc1ccc(NC(=O)N[C@@H](Cc2ccccc2)C(=O)N2CCc3ccccc32)c(OC)c1. The van der Waals surface area contributed by atoms with Gasteiger partial charge in [0.15, 0.2) is 0 Å². The van der Waals surface area contributed by atoms with Crippen molar-refractivity contribution in [3.05, 3.63) is 83.9 Å². The summed E-state index contributed by atoms with van der Waals surface area (Å²) in [6, 6.07) is 21.4. The summed E-state index contributed by atoms with van der Waals surface area (Å²) in [4.78, 5) is 28.2. The van der Waals surface area contributed by atoms with Gasteiger partial charge in [0.2, 0.25) is 5.91 Å². The monoisotopic (exact) mass is 445 g/mol. The van der Waals surface area contributed by atoms with Crippen molar-refractivity contribution >= 4 is 23.3 Å². The average Bonchev–Trinajstić information content (AvgIpc) is 3.28. The molecule has 4 rings (SSSR count). The molecule has 7 heteroatoms. The lowest BCUT2D eigenvalue weighted by Gasteiger charge is -2.25. The summed E-state index contributed by atoms with van der Waals surface area (Å²) in [5, 5.41) is 5.67. The zero-order valence-electron chi connectivity index (χ0n) is 18.7. The van der Waals surface area contributed by atoms with Crippen LogP contribution in [0.3, 0.4) is 0 Å². The molecule has 1 heterocycles. The highest BCUT2D eigenvalue weighted by Crippen LogP contribution is 2.30. The van der Waals surface area contributed by atoms with Crippen LogP contribution in [-0.2, 0) is 17.6 Å². The molecule has 0 radical (unpaired) electrons. The number of nitrogens with one attached hydrogen (secondary N) is 2. The number of hydrogen-bond donors (Lipinski definition) is 2. The molecule has 0 fully saturated rings. The van der Waals surface area contributed by atoms with Gasteiger partial charge in [0.25, 0.3) is 0 Å². The van der Waals surface area contributed by atoms with Crippen LogP contribution in [0.25, 0.3) is 0 Å². The molecule has 3 amide bonds. The van der Waals surface area contributed by atoms with E-state index < -0.39 is 12.1 Å². The summed E-state index contributed by atoms with van der Waals surface area (Å²) < 4.78 is 10.6. The molecule has 1 atom stereocenters. The maximum atomic E-state index is 13.5. The van der Waals surface area contributed by atoms with Gasteiger partial charge in [-0.05, 0) is 35.7 Å². The second-order valence-electron chi connectivity index (χ2n) is 7.78. The second-order valence-corrected chi connectivity index (χ2v) is 7.78. The number of nitrogens with zero attached hydrogens (tertiary/aromatic N) is 1. The van der Waals surface area contributed by atoms with E-state index in [9.17, 15) is 9.59 Å². The molecule has 0 unspecified atom stereocenters. The largest absolute Gasteiger partial charge is 0.497 e. The van der Waals surface area contributed by atoms with Crippen LogP contribution in [0.1, 0.15) is 11.1 Å². The molecule has 2 N–H and O–H groups in total. The van der Waals surface area contributed by atoms with Crippen LogP contribution in [-0.4, -0.2) is 38.7 Å². The van der Waals surface area contributed by atoms with Gasteiger partial charge in [-0.15, -0.1) is 0 Å². The van der Waals surface area contributed by atoms with Crippen LogP contribution in [0.4, 0.5) is 16.2 Å². The summed E-state index contributed by atoms with van der Waals surface area (Å²) in [6.07, 6.45) is 1.18. The fourth-order valence-corrected chi connectivity index (χ4v) is 4.02. The number of amides is 3. The number of hydrogen-bond acceptors (Lipinski definition) is 4. The van der Waals surface area contributed by atoms with Crippen molar-refractivity contribution in [3.63, 3.8) is 0 Å². The van der Waals surface area contributed by atoms with Crippen LogP contribution in [0.2, 0.25) is 0 Å². The third-order valence-electron chi connectivity index (χ3n) is 5.70. The summed E-state index contributed by atoms with van der Waals surface area (Å²) in [5.74, 6) is 0.937. The van der Waals surface area contributed by atoms with E-state index in [-0.39, 0.29) is 5.91 Å². The van der Waals surface area contributed by atoms with Crippen LogP contribution in [0, 0.1) is 0 Å². The first-order valence-corrected chi connectivity index (χ1v) is 10.8. The Hall–Kier alpha value is -4.00. The number of carbonyl (C=O) groups is 2. The highest BCUT2D eigenvalue weighted by Gasteiger charge is 2.31. The molecular weight excluding hydrogens is 418 g/mol. The Morgan fingerprint density at radius 3 is 2.48 bits per heavy atom. The second kappa shape index (κ2) is 10.1. The molecule has 0 saturated carbocycles. The van der Waals surface area contributed by atoms with E-state index >= 15 is 0 Å². The van der Waals surface area contributed by atoms with Crippen molar-refractivity contribution in [3.8, 4) is 11.5 Å². The van der Waals surface area contributed by atoms with Gasteiger partial charge in [0.05, 0.1) is 19.9 Å². The molecule has 170 valence electrons. The zero-order chi connectivity index (χ0) is 23.2. The number of rotatable bonds is 7. The Balaban J connectivity index is 1.54. The summed E-state index contributed by atoms with van der Waals surface area (Å²) in [6.45, 7) is 0.596. The molecule has 3 aromatic carbocycles. The smallest absolute Gasteiger partial charge is 0.320 e. The Kier molecular flexibility index (Phi) is 6.78. The number of anilines is 2. The molecule has 33 heavy (non-hydrogen) atoms. The minimum atomic E-state index is -0.734. The molecule has 7 nitrogen and oxygen atoms in total. The first-order valence-electron chi connectivity index (χ1n) is 10.8. The van der Waals surface area contributed by atoms with Crippen molar-refractivity contribution in [1.82, 2.24) is 5.32 Å². The molecule has 1 aliphatic rings. The number of fused-ring (bicyclic) bond motifs is 1. The maximum Gasteiger partial charge on any atom is 0.320 e. The van der Waals surface area contributed by atoms with E-state index in [1.165, 1.54) is 7.11 Å². The standard InChI is InChI=1S/C26H27N3O4/c1-32-20-12-13-21(24(17-20)33-2)27-26(31)28-22(16-18-8-4-3-5-9-18)25(30)29-15-14-19-10-6-7-11-23(19)29/h3-13,17,22H,14-16H2,1-2H3,(H2,27,28,31)/t22-/m0/s1. The van der Waals surface area contributed by atoms with Crippen LogP contribution < -0.4 is 25.0 Å². The highest BCUT2D eigenvalue weighted by atomic mass is 16.5. The molecule has 0 aromatic heterocycles. The van der Waals surface area contributed by atoms with Gasteiger partial charge in [-0.25, -0.2) is 4.79 Å². The minimum Gasteiger partial charge on any atom is -0.497 e. The van der Waals surface area contributed by atoms with Crippen LogP contribution in [0.15, 0.2) is 72.8 Å². The third kappa shape index (κ3) is 5.09. The quantitative estimate of drug-likeness (QED) is 0.576. The van der Waals surface area contributed by atoms with Gasteiger partial charge in [-0.1, -0.05) is 48.5 Å². The lowest BCUT2D eigenvalue weighted by molar-refractivity contribution is -0.120. The molecular formula is C26H27N3O4. The van der Waals surface area contributed by atoms with E-state index in [1.807, 2.05) is 54.6 Å². The van der Waals surface area contributed by atoms with Crippen LogP contribution >= 0.6 is 0 Å². The van der Waals surface area contributed by atoms with Gasteiger partial charge >= 0.3 is 6.03 Å². The lowest BCUT2D eigenvalue weighted by atomic mass is 10.0. The summed E-state index contributed by atoms with van der Waals surface area (Å²) in [7, 11) is 3.08. The van der Waals surface area contributed by atoms with Gasteiger partial charge in [-0.3, -0.25) is 4.79 Å². The number of ether oxygens (including phenoxy) is 2. The predicted molar refractivity (Wildman–Crippen MR) is 128 cm³/mol. The predicted octanol–water partition coefficient (Wildman–Crippen LogP) is 4.03. The van der Waals surface area contributed by atoms with E-state index in [4.69, 9.17) is 9.47 Å². The summed E-state index contributed by atoms with van der Waals surface area (Å²) >= 11 is 0. The average molecular weight is 446 g/mol. The first-order chi connectivity index (χ1) is 16.1. The number of methoxy groups -OCH3 is 2. The van der Waals surface area contributed by atoms with Crippen LogP contribution in [0.5, 0.6) is 11.5 Å². The molecule has 0 aliphatic carbocycles. The van der Waals surface area contributed by atoms with Crippen molar-refractivity contribution in [2.45, 2.75) is 18.9 Å². The van der Waals surface area contributed by atoms with E-state index in [0.29, 0.717) is 30.2 Å². The third-order valence-corrected chi connectivity index (χ3v) is 5.70. The zero-order valence-corrected chi connectivity index (χ0v) is 18.7. The number of urea groups is 1. The highest BCUT2D eigenvalue weighted by molar-refractivity contribution is 6.02. The summed E-state index contributed by atoms with van der Waals surface area (Å²) in [5.41, 5.74) is 3.48. The first kappa shape index (κ1) is 22.2. The number of benzene rings is 3. The molecule has 0 spiro atoms. The Morgan fingerprint density at radius 2 is 1.73 bits per heavy atom. The fourth-order valence-electron chi connectivity index (χ4n) is 4.02. The normalized spacial score (nSPS) is 13.1. The molecule has 1 aliphatic heterocycles. The fraction of sp³-hybridized carbons (Fsp3) is 0.231. The Bertz CT molecular complexity index is 1130. The lowest BCUT2D eigenvalue weighted by Crippen LogP contribution is -2.50. The number of para-hydroxylation sites is 1. The maximum absolute atomic E-state index is 13.5. The van der Waals surface area contributed by atoms with Crippen molar-refractivity contribution in [1.29, 1.82) is 0 Å². The topological polar surface area (TPSA) is 79.9 Å². The van der Waals surface area contributed by atoms with Gasteiger partial charge in [0, 0.05) is 24.7 Å². The van der Waals surface area contributed by atoms with Crippen molar-refractivity contribution in [2.75, 3.05) is 31.0 Å². The van der Waals surface area contributed by atoms with Gasteiger partial charge in [-0.2, -0.15) is 0 Å². The molecule has 0 bridgehead atoms. The Morgan fingerprint density at radius 1 is 0.970 bits per heavy atom. The van der Waals surface area contributed by atoms with Gasteiger partial charge in [0.1, 0.15) is 17.5 Å². The molecule has 0 saturated heterocycles. The molecule has 3 aromatic rings. The van der Waals surface area contributed by atoms with Crippen molar-refractivity contribution < 1.29 is 19.1 Å². The van der Waals surface area contributed by atoms with E-state index in [0.717, 1.165) is 23.2 Å². The number of carbonyl (C=O) groups excluding carboxylic acids is 2. The van der Waals surface area contributed by atoms with Gasteiger partial charge < -0.3 is 25.0 Å².